The van der Waals surface area contributed by atoms with E-state index in [1.807, 2.05) is 36.4 Å². The molecule has 1 saturated heterocycles. The van der Waals surface area contributed by atoms with Gasteiger partial charge < -0.3 is 4.90 Å². The van der Waals surface area contributed by atoms with Crippen LogP contribution in [0.1, 0.15) is 40.7 Å². The van der Waals surface area contributed by atoms with E-state index in [0.29, 0.717) is 48.9 Å². The van der Waals surface area contributed by atoms with Gasteiger partial charge in [0.2, 0.25) is 11.8 Å². The predicted octanol–water partition coefficient (Wildman–Crippen LogP) is 4.56. The Balaban J connectivity index is 1.25. The number of carbonyl (C=O) groups is 3. The average Bonchev–Trinajstić information content (AvgIpc) is 3.30. The van der Waals surface area contributed by atoms with Gasteiger partial charge in [0.25, 0.3) is 15.7 Å². The van der Waals surface area contributed by atoms with Gasteiger partial charge in [-0.2, -0.15) is 0 Å². The summed E-state index contributed by atoms with van der Waals surface area (Å²) in [5, 5.41) is 12.6. The molecule has 1 N–H and O–H groups in total. The number of hydrogen-bond acceptors (Lipinski definition) is 7. The van der Waals surface area contributed by atoms with Gasteiger partial charge in [-0.25, -0.2) is 13.1 Å². The van der Waals surface area contributed by atoms with E-state index in [9.17, 15) is 32.9 Å². The van der Waals surface area contributed by atoms with E-state index < -0.39 is 32.7 Å². The molecule has 1 aliphatic heterocycles. The summed E-state index contributed by atoms with van der Waals surface area (Å²) in [5.41, 5.74) is 1.64. The van der Waals surface area contributed by atoms with Gasteiger partial charge in [-0.05, 0) is 53.3 Å². The predicted molar refractivity (Wildman–Crippen MR) is 162 cm³/mol. The third-order valence-corrected chi connectivity index (χ3v) is 10.1. The van der Waals surface area contributed by atoms with E-state index in [2.05, 4.69) is 4.72 Å². The van der Waals surface area contributed by atoms with Gasteiger partial charge >= 0.3 is 0 Å². The van der Waals surface area contributed by atoms with Crippen molar-refractivity contribution < 1.29 is 27.7 Å². The van der Waals surface area contributed by atoms with Crippen molar-refractivity contribution in [3.05, 3.63) is 118 Å². The van der Waals surface area contributed by atoms with Crippen LogP contribution in [0.25, 0.3) is 10.8 Å². The number of likely N-dealkylation sites (tertiary alicyclic amines) is 1. The summed E-state index contributed by atoms with van der Waals surface area (Å²) in [6, 6.07) is 24.7. The van der Waals surface area contributed by atoms with Gasteiger partial charge in [0, 0.05) is 42.6 Å². The van der Waals surface area contributed by atoms with E-state index in [1.165, 1.54) is 36.4 Å². The number of carbonyl (C=O) groups excluding carboxylic acids is 3. The van der Waals surface area contributed by atoms with Crippen molar-refractivity contribution in [3.63, 3.8) is 0 Å². The molecule has 1 fully saturated rings. The zero-order valence-electron chi connectivity index (χ0n) is 23.6. The highest BCUT2D eigenvalue weighted by Crippen LogP contribution is 2.46. The Bertz CT molecular complexity index is 1910. The Morgan fingerprint density at radius 2 is 1.57 bits per heavy atom. The number of amides is 2. The van der Waals surface area contributed by atoms with Gasteiger partial charge in [-0.3, -0.25) is 24.5 Å². The lowest BCUT2D eigenvalue weighted by molar-refractivity contribution is -0.384. The molecule has 0 saturated carbocycles. The quantitative estimate of drug-likeness (QED) is 0.183. The average molecular weight is 612 g/mol. The Kier molecular flexibility index (Phi) is 7.50. The topological polar surface area (TPSA) is 144 Å². The van der Waals surface area contributed by atoms with E-state index in [0.717, 1.165) is 10.9 Å². The van der Waals surface area contributed by atoms with Crippen LogP contribution in [0, 0.1) is 16.0 Å². The zero-order chi connectivity index (χ0) is 31.1. The molecule has 0 aromatic heterocycles. The second-order valence-electron chi connectivity index (χ2n) is 11.4. The smallest absolute Gasteiger partial charge is 0.269 e. The lowest BCUT2D eigenvalue weighted by Gasteiger charge is -2.40. The summed E-state index contributed by atoms with van der Waals surface area (Å²) in [6.07, 6.45) is 1.27. The van der Waals surface area contributed by atoms with Crippen molar-refractivity contribution in [3.8, 4) is 0 Å². The van der Waals surface area contributed by atoms with E-state index in [4.69, 9.17) is 0 Å². The van der Waals surface area contributed by atoms with E-state index in [1.54, 1.807) is 23.1 Å². The van der Waals surface area contributed by atoms with Crippen LogP contribution in [-0.4, -0.2) is 48.9 Å². The van der Waals surface area contributed by atoms with Crippen LogP contribution in [0.4, 0.5) is 5.69 Å². The fourth-order valence-electron chi connectivity index (χ4n) is 6.39. The van der Waals surface area contributed by atoms with E-state index >= 15 is 0 Å². The van der Waals surface area contributed by atoms with Gasteiger partial charge in [-0.1, -0.05) is 66.7 Å². The maximum absolute atomic E-state index is 13.9. The highest BCUT2D eigenvalue weighted by atomic mass is 32.2. The molecule has 1 atom stereocenters. The molecule has 224 valence electrons. The normalized spacial score (nSPS) is 16.5. The Labute approximate surface area is 253 Å². The molecular formula is C33H29N3O7S. The SMILES string of the molecule is O=C1CC2(CCN(C(=O)C(Cc3ccc([N+](=O)[O-])cc3)C(=O)NS(=O)(=O)c3ccc4ccccc4c3)CC2)c2ccccc21. The van der Waals surface area contributed by atoms with E-state index in [-0.39, 0.29) is 28.2 Å². The molecule has 4 aromatic carbocycles. The van der Waals surface area contributed by atoms with Crippen LogP contribution in [0.3, 0.4) is 0 Å². The molecule has 4 aromatic rings. The van der Waals surface area contributed by atoms with Crippen LogP contribution in [0.2, 0.25) is 0 Å². The standard InChI is InChI=1S/C33H29N3O7S/c37-30-21-33(29-8-4-3-7-27(29)30)15-17-35(18-16-33)32(39)28(19-22-9-12-25(13-10-22)36(40)41)31(38)34-44(42,43)26-14-11-23-5-1-2-6-24(23)20-26/h1-14,20,28H,15-19,21H2,(H,34,38). The summed E-state index contributed by atoms with van der Waals surface area (Å²) in [4.78, 5) is 52.3. The summed E-state index contributed by atoms with van der Waals surface area (Å²) >= 11 is 0. The minimum Gasteiger partial charge on any atom is -0.342 e. The number of nitrogens with zero attached hydrogens (tertiary/aromatic N) is 2. The van der Waals surface area contributed by atoms with Crippen LogP contribution in [0.15, 0.2) is 95.9 Å². The first kappa shape index (κ1) is 29.2. The van der Waals surface area contributed by atoms with Crippen molar-refractivity contribution in [2.24, 2.45) is 5.92 Å². The molecule has 1 heterocycles. The number of nitrogens with one attached hydrogen (secondary N) is 1. The minimum absolute atomic E-state index is 0.0784. The maximum atomic E-state index is 13.9. The second-order valence-corrected chi connectivity index (χ2v) is 13.1. The van der Waals surface area contributed by atoms with Crippen LogP contribution in [0.5, 0.6) is 0 Å². The molecule has 0 bridgehead atoms. The molecule has 1 spiro atoms. The number of rotatable bonds is 7. The second kappa shape index (κ2) is 11.3. The number of nitro benzene ring substituents is 1. The lowest BCUT2D eigenvalue weighted by atomic mass is 9.73. The summed E-state index contributed by atoms with van der Waals surface area (Å²) in [5.74, 6) is -2.85. The summed E-state index contributed by atoms with van der Waals surface area (Å²) in [6.45, 7) is 0.587. The Morgan fingerprint density at radius 3 is 2.27 bits per heavy atom. The molecule has 2 amide bonds. The fraction of sp³-hybridized carbons (Fsp3) is 0.242. The monoisotopic (exact) mass is 611 g/mol. The van der Waals surface area contributed by atoms with Crippen molar-refractivity contribution >= 4 is 44.1 Å². The minimum atomic E-state index is -4.33. The fourth-order valence-corrected chi connectivity index (χ4v) is 7.44. The number of piperidine rings is 1. The molecule has 2 aliphatic rings. The van der Waals surface area contributed by atoms with Crippen molar-refractivity contribution in [1.82, 2.24) is 9.62 Å². The number of nitro groups is 1. The van der Waals surface area contributed by atoms with Crippen LogP contribution < -0.4 is 4.72 Å². The molecule has 1 unspecified atom stereocenters. The number of non-ortho nitro benzene ring substituents is 1. The zero-order valence-corrected chi connectivity index (χ0v) is 24.5. The summed E-state index contributed by atoms with van der Waals surface area (Å²) < 4.78 is 28.7. The van der Waals surface area contributed by atoms with Crippen molar-refractivity contribution in [2.75, 3.05) is 13.1 Å². The summed E-state index contributed by atoms with van der Waals surface area (Å²) in [7, 11) is -4.33. The van der Waals surface area contributed by atoms with Gasteiger partial charge in [0.05, 0.1) is 9.82 Å². The number of hydrogen-bond donors (Lipinski definition) is 1. The maximum Gasteiger partial charge on any atom is 0.269 e. The number of benzene rings is 4. The molecular weight excluding hydrogens is 582 g/mol. The number of ketones is 1. The highest BCUT2D eigenvalue weighted by Gasteiger charge is 2.46. The largest absolute Gasteiger partial charge is 0.342 e. The van der Waals surface area contributed by atoms with Gasteiger partial charge in [-0.15, -0.1) is 0 Å². The first-order chi connectivity index (χ1) is 21.1. The highest BCUT2D eigenvalue weighted by molar-refractivity contribution is 7.90. The molecule has 6 rings (SSSR count). The van der Waals surface area contributed by atoms with Crippen molar-refractivity contribution in [1.29, 1.82) is 0 Å². The van der Waals surface area contributed by atoms with Crippen LogP contribution >= 0.6 is 0 Å². The Hall–Kier alpha value is -4.90. The third-order valence-electron chi connectivity index (χ3n) is 8.80. The Morgan fingerprint density at radius 1 is 0.909 bits per heavy atom. The number of sulfonamides is 1. The van der Waals surface area contributed by atoms with Crippen LogP contribution in [-0.2, 0) is 31.4 Å². The first-order valence-electron chi connectivity index (χ1n) is 14.3. The third kappa shape index (κ3) is 5.46. The number of Topliss-reactive ketones (excluding diaryl/α,β-unsaturated/α-hetero) is 1. The molecule has 10 nitrogen and oxygen atoms in total. The van der Waals surface area contributed by atoms with Crippen molar-refractivity contribution in [2.45, 2.75) is 36.0 Å². The van der Waals surface area contributed by atoms with Gasteiger partial charge in [0.15, 0.2) is 5.78 Å². The van der Waals surface area contributed by atoms with Gasteiger partial charge in [0.1, 0.15) is 5.92 Å². The molecule has 44 heavy (non-hydrogen) atoms. The number of fused-ring (bicyclic) bond motifs is 3. The molecule has 1 aliphatic carbocycles. The molecule has 11 heteroatoms. The lowest BCUT2D eigenvalue weighted by Crippen LogP contribution is -2.50. The first-order valence-corrected chi connectivity index (χ1v) is 15.7. The molecule has 0 radical (unpaired) electrons.